The molecule has 1 heterocycles. The van der Waals surface area contributed by atoms with E-state index in [1.807, 2.05) is 67.7 Å². The summed E-state index contributed by atoms with van der Waals surface area (Å²) in [6.07, 6.45) is 25.8. The molecule has 0 aromatic heterocycles. The van der Waals surface area contributed by atoms with Crippen LogP contribution in [0.5, 0.6) is 0 Å². The van der Waals surface area contributed by atoms with E-state index in [0.29, 0.717) is 13.0 Å². The molecule has 0 aromatic carbocycles. The number of rotatable bonds is 0. The zero-order chi connectivity index (χ0) is 16.8. The lowest BCUT2D eigenvalue weighted by Gasteiger charge is -2.05. The van der Waals surface area contributed by atoms with Crippen molar-refractivity contribution in [1.82, 2.24) is 5.32 Å². The first-order valence-electron chi connectivity index (χ1n) is 7.82. The van der Waals surface area contributed by atoms with E-state index in [4.69, 9.17) is 0 Å². The topological polar surface area (TPSA) is 49.3 Å². The predicted molar refractivity (Wildman–Crippen MR) is 96.8 cm³/mol. The lowest BCUT2D eigenvalue weighted by molar-refractivity contribution is -0.116. The van der Waals surface area contributed by atoms with Gasteiger partial charge in [0.05, 0.1) is 6.10 Å². The Bertz CT molecular complexity index is 548. The minimum atomic E-state index is -0.499. The highest BCUT2D eigenvalue weighted by atomic mass is 16.3. The van der Waals surface area contributed by atoms with Gasteiger partial charge in [0.15, 0.2) is 0 Å². The van der Waals surface area contributed by atoms with E-state index in [1.165, 1.54) is 6.08 Å². The number of carbonyl (C=O) groups excluding carboxylic acids is 1. The lowest BCUT2D eigenvalue weighted by Crippen LogP contribution is -2.25. The van der Waals surface area contributed by atoms with Crippen molar-refractivity contribution in [2.75, 3.05) is 6.54 Å². The number of carbonyl (C=O) groups is 1. The monoisotopic (exact) mass is 311 g/mol. The summed E-state index contributed by atoms with van der Waals surface area (Å²) < 4.78 is 0. The van der Waals surface area contributed by atoms with E-state index in [1.54, 1.807) is 18.2 Å². The van der Waals surface area contributed by atoms with Crippen LogP contribution in [0.4, 0.5) is 0 Å². The summed E-state index contributed by atoms with van der Waals surface area (Å²) in [5.41, 5.74) is 0. The Labute approximate surface area is 138 Å². The van der Waals surface area contributed by atoms with Crippen molar-refractivity contribution in [2.24, 2.45) is 5.92 Å². The fourth-order valence-corrected chi connectivity index (χ4v) is 1.74. The number of allylic oxidation sites excluding steroid dienone is 10. The molecule has 23 heavy (non-hydrogen) atoms. The van der Waals surface area contributed by atoms with Gasteiger partial charge in [0.1, 0.15) is 0 Å². The Balaban J connectivity index is 2.70. The maximum Gasteiger partial charge on any atom is 0.243 e. The molecule has 0 saturated carbocycles. The van der Waals surface area contributed by atoms with Crippen LogP contribution in [0.2, 0.25) is 0 Å². The first-order valence-corrected chi connectivity index (χ1v) is 7.82. The molecule has 0 fully saturated rings. The van der Waals surface area contributed by atoms with Gasteiger partial charge in [-0.15, -0.1) is 0 Å². The predicted octanol–water partition coefficient (Wildman–Crippen LogP) is 3.40. The summed E-state index contributed by atoms with van der Waals surface area (Å²) in [7, 11) is 0. The number of aliphatic hydroxyl groups is 1. The van der Waals surface area contributed by atoms with Crippen molar-refractivity contribution in [2.45, 2.75) is 19.4 Å². The molecule has 1 aliphatic rings. The molecule has 0 bridgehead atoms. The molecule has 3 heteroatoms. The van der Waals surface area contributed by atoms with Crippen molar-refractivity contribution in [3.05, 3.63) is 85.1 Å². The van der Waals surface area contributed by atoms with Crippen LogP contribution in [0.1, 0.15) is 13.3 Å². The molecule has 0 aromatic rings. The Morgan fingerprint density at radius 2 is 1.52 bits per heavy atom. The number of amides is 1. The molecule has 0 radical (unpaired) electrons. The van der Waals surface area contributed by atoms with Crippen LogP contribution in [0, 0.1) is 5.92 Å². The summed E-state index contributed by atoms with van der Waals surface area (Å²) in [5.74, 6) is 0.160. The van der Waals surface area contributed by atoms with Gasteiger partial charge in [-0.05, 0) is 12.3 Å². The Morgan fingerprint density at radius 3 is 2.30 bits per heavy atom. The van der Waals surface area contributed by atoms with Gasteiger partial charge >= 0.3 is 0 Å². The SMILES string of the molecule is C[C@@H]1/C=C/C=C/C=C/C=C/[C@@H](O)C/C=C/C=C/C=C/C(=O)NC1. The van der Waals surface area contributed by atoms with Gasteiger partial charge in [-0.2, -0.15) is 0 Å². The quantitative estimate of drug-likeness (QED) is 0.720. The van der Waals surface area contributed by atoms with Gasteiger partial charge in [0.25, 0.3) is 0 Å². The van der Waals surface area contributed by atoms with Crippen molar-refractivity contribution < 1.29 is 9.90 Å². The summed E-state index contributed by atoms with van der Waals surface area (Å²) in [5, 5.41) is 12.6. The van der Waals surface area contributed by atoms with Crippen LogP contribution in [-0.4, -0.2) is 23.7 Å². The van der Waals surface area contributed by atoms with Crippen LogP contribution >= 0.6 is 0 Å². The highest BCUT2D eigenvalue weighted by Gasteiger charge is 1.98. The summed E-state index contributed by atoms with van der Waals surface area (Å²) >= 11 is 0. The first kappa shape index (κ1) is 18.7. The van der Waals surface area contributed by atoms with Crippen molar-refractivity contribution in [3.8, 4) is 0 Å². The van der Waals surface area contributed by atoms with Gasteiger partial charge in [-0.25, -0.2) is 0 Å². The van der Waals surface area contributed by atoms with Gasteiger partial charge < -0.3 is 10.4 Å². The Hall–Kier alpha value is -2.39. The summed E-state index contributed by atoms with van der Waals surface area (Å²) in [4.78, 5) is 11.6. The second-order valence-corrected chi connectivity index (χ2v) is 5.24. The van der Waals surface area contributed by atoms with Crippen molar-refractivity contribution >= 4 is 5.91 Å². The molecule has 2 N–H and O–H groups in total. The average Bonchev–Trinajstić information content (AvgIpc) is 2.53. The Kier molecular flexibility index (Phi) is 9.88. The molecular formula is C20H25NO2. The highest BCUT2D eigenvalue weighted by molar-refractivity contribution is 5.87. The third-order valence-corrected chi connectivity index (χ3v) is 3.02. The second kappa shape index (κ2) is 12.2. The third-order valence-electron chi connectivity index (χ3n) is 3.02. The fraction of sp³-hybridized carbons (Fsp3) is 0.250. The van der Waals surface area contributed by atoms with E-state index >= 15 is 0 Å². The van der Waals surface area contributed by atoms with Gasteiger partial charge in [0.2, 0.25) is 5.91 Å². The normalized spacial score (nSPS) is 33.6. The van der Waals surface area contributed by atoms with Gasteiger partial charge in [-0.1, -0.05) is 85.9 Å². The minimum absolute atomic E-state index is 0.104. The minimum Gasteiger partial charge on any atom is -0.389 e. The molecule has 0 spiro atoms. The van der Waals surface area contributed by atoms with Crippen molar-refractivity contribution in [1.29, 1.82) is 0 Å². The summed E-state index contributed by atoms with van der Waals surface area (Å²) in [6.45, 7) is 2.65. The molecule has 0 unspecified atom stereocenters. The molecule has 1 rings (SSSR count). The maximum atomic E-state index is 11.6. The molecule has 3 nitrogen and oxygen atoms in total. The number of hydrogen-bond donors (Lipinski definition) is 2. The zero-order valence-corrected chi connectivity index (χ0v) is 13.5. The second-order valence-electron chi connectivity index (χ2n) is 5.24. The maximum absolute atomic E-state index is 11.6. The molecule has 0 saturated heterocycles. The van der Waals surface area contributed by atoms with E-state index < -0.39 is 6.10 Å². The number of hydrogen-bond acceptors (Lipinski definition) is 2. The van der Waals surface area contributed by atoms with E-state index in [0.717, 1.165) is 0 Å². The third kappa shape index (κ3) is 10.9. The van der Waals surface area contributed by atoms with Gasteiger partial charge in [-0.3, -0.25) is 4.79 Å². The molecule has 0 aliphatic carbocycles. The van der Waals surface area contributed by atoms with Crippen LogP contribution in [0.25, 0.3) is 0 Å². The number of nitrogens with one attached hydrogen (secondary N) is 1. The molecule has 2 atom stereocenters. The smallest absolute Gasteiger partial charge is 0.243 e. The lowest BCUT2D eigenvalue weighted by atomic mass is 10.1. The molecule has 122 valence electrons. The zero-order valence-electron chi connectivity index (χ0n) is 13.5. The summed E-state index contributed by atoms with van der Waals surface area (Å²) in [6, 6.07) is 0. The van der Waals surface area contributed by atoms with Gasteiger partial charge in [0, 0.05) is 12.6 Å². The molecule has 1 amide bonds. The van der Waals surface area contributed by atoms with E-state index in [2.05, 4.69) is 5.32 Å². The Morgan fingerprint density at radius 1 is 0.913 bits per heavy atom. The van der Waals surface area contributed by atoms with Crippen LogP contribution in [0.3, 0.4) is 0 Å². The molecule has 1 aliphatic heterocycles. The highest BCUT2D eigenvalue weighted by Crippen LogP contribution is 1.98. The average molecular weight is 311 g/mol. The largest absolute Gasteiger partial charge is 0.389 e. The number of aliphatic hydroxyl groups excluding tert-OH is 1. The van der Waals surface area contributed by atoms with Crippen molar-refractivity contribution in [3.63, 3.8) is 0 Å². The van der Waals surface area contributed by atoms with Crippen LogP contribution in [-0.2, 0) is 4.79 Å². The van der Waals surface area contributed by atoms with E-state index in [-0.39, 0.29) is 11.8 Å². The van der Waals surface area contributed by atoms with E-state index in [9.17, 15) is 9.90 Å². The molecular weight excluding hydrogens is 286 g/mol. The van der Waals surface area contributed by atoms with Crippen LogP contribution < -0.4 is 5.32 Å². The standard InChI is InChI=1S/C20H25NO2/c1-18-13-9-5-2-3-6-10-14-19(22)15-11-7-4-8-12-16-20(23)21-17-18/h2-14,16,18-19,22H,15,17H2,1H3,(H,21,23)/b5-2+,6-3+,8-4+,11-7+,13-9+,14-10+,16-12+/t18-,19-/m1/s1. The van der Waals surface area contributed by atoms with Crippen LogP contribution in [0.15, 0.2) is 85.1 Å². The fourth-order valence-electron chi connectivity index (χ4n) is 1.74. The first-order chi connectivity index (χ1) is 11.2.